The van der Waals surface area contributed by atoms with Crippen LogP contribution in [0.5, 0.6) is 0 Å². The van der Waals surface area contributed by atoms with Gasteiger partial charge in [0, 0.05) is 41.2 Å². The van der Waals surface area contributed by atoms with E-state index in [0.717, 1.165) is 49.3 Å². The number of methoxy groups -OCH3 is 2. The molecule has 334 valence electrons. The number of carbonyl (C=O) groups excluding carboxylic acids is 3. The summed E-state index contributed by atoms with van der Waals surface area (Å²) in [7, 11) is 2.63. The molecule has 0 fully saturated rings. The standard InChI is InChI=1S/C23H32O6.C23H30O6.2CH4/c2*1-3-4-5-10-20(26)23-17(16-9-6-7-12-21(16)29-23)14-15-19(25)18(24)11-8-13-22(27)28-2;;/h6-7,9,12,14-15,18-20,24-26H,3-5,8,10-11,13H2,1-2H3;6-7,9,12,14-15,18-19,24-25H,3-5,8,10-11,13H2,1-2H3;2*1H4/b2*15-14+;;/t18-,19+,20+;18-,19+;;/m00../s1. The van der Waals surface area contributed by atoms with Crippen LogP contribution < -0.4 is 0 Å². The number of rotatable bonds is 24. The molecule has 0 aliphatic carbocycles. The molecule has 5 atom stereocenters. The minimum Gasteiger partial charge on any atom is -0.469 e. The van der Waals surface area contributed by atoms with E-state index in [2.05, 4.69) is 23.3 Å². The number of ether oxygens (including phenoxy) is 2. The van der Waals surface area contributed by atoms with Gasteiger partial charge in [0.2, 0.25) is 0 Å². The number of hydrogen-bond acceptors (Lipinski definition) is 12. The van der Waals surface area contributed by atoms with Gasteiger partial charge in [-0.25, -0.2) is 0 Å². The Morgan fingerprint density at radius 3 is 1.58 bits per heavy atom. The van der Waals surface area contributed by atoms with E-state index in [0.29, 0.717) is 53.7 Å². The number of ketones is 1. The van der Waals surface area contributed by atoms with Crippen molar-refractivity contribution in [2.24, 2.45) is 0 Å². The molecule has 0 saturated carbocycles. The number of hydrogen-bond donors (Lipinski definition) is 5. The summed E-state index contributed by atoms with van der Waals surface area (Å²) in [6.45, 7) is 4.19. The third-order valence-corrected chi connectivity index (χ3v) is 9.87. The topological polar surface area (TPSA) is 197 Å². The first-order chi connectivity index (χ1) is 27.9. The molecular formula is C48H70O12. The predicted molar refractivity (Wildman–Crippen MR) is 237 cm³/mol. The Morgan fingerprint density at radius 2 is 1.07 bits per heavy atom. The summed E-state index contributed by atoms with van der Waals surface area (Å²) in [6, 6.07) is 14.9. The van der Waals surface area contributed by atoms with E-state index in [1.807, 2.05) is 42.5 Å². The minimum absolute atomic E-state index is 0. The van der Waals surface area contributed by atoms with E-state index in [1.165, 1.54) is 26.4 Å². The maximum atomic E-state index is 12.6. The lowest BCUT2D eigenvalue weighted by Crippen LogP contribution is -2.23. The van der Waals surface area contributed by atoms with E-state index in [9.17, 15) is 39.9 Å². The molecule has 5 N–H and O–H groups in total. The van der Waals surface area contributed by atoms with Gasteiger partial charge >= 0.3 is 11.9 Å². The first kappa shape index (κ1) is 53.4. The number of unbranched alkanes of at least 4 members (excludes halogenated alkanes) is 4. The van der Waals surface area contributed by atoms with Crippen molar-refractivity contribution in [2.75, 3.05) is 14.2 Å². The molecule has 12 nitrogen and oxygen atoms in total. The lowest BCUT2D eigenvalue weighted by Gasteiger charge is -2.14. The van der Waals surface area contributed by atoms with Crippen LogP contribution in [0.1, 0.15) is 152 Å². The lowest BCUT2D eigenvalue weighted by atomic mass is 10.0. The number of fused-ring (bicyclic) bond motifs is 2. The molecule has 0 saturated heterocycles. The van der Waals surface area contributed by atoms with Gasteiger partial charge in [0.1, 0.15) is 23.0 Å². The summed E-state index contributed by atoms with van der Waals surface area (Å²) in [6.07, 6.45) is 9.94. The van der Waals surface area contributed by atoms with Crippen LogP contribution in [-0.2, 0) is 19.1 Å². The molecule has 0 unspecified atom stereocenters. The third kappa shape index (κ3) is 16.8. The highest BCUT2D eigenvalue weighted by Gasteiger charge is 2.22. The van der Waals surface area contributed by atoms with Crippen molar-refractivity contribution in [1.29, 1.82) is 0 Å². The number of Topliss-reactive ketones (excluding diaryl/α,β-unsaturated/α-hetero) is 1. The number of aliphatic hydroxyl groups excluding tert-OH is 5. The first-order valence-electron chi connectivity index (χ1n) is 20.4. The highest BCUT2D eigenvalue weighted by molar-refractivity contribution is 6.03. The summed E-state index contributed by atoms with van der Waals surface area (Å²) in [4.78, 5) is 34.9. The van der Waals surface area contributed by atoms with Gasteiger partial charge in [-0.05, 0) is 50.7 Å². The van der Waals surface area contributed by atoms with Crippen molar-refractivity contribution in [1.82, 2.24) is 0 Å². The van der Waals surface area contributed by atoms with Crippen LogP contribution in [0.4, 0.5) is 0 Å². The maximum absolute atomic E-state index is 12.6. The molecule has 0 aliphatic heterocycles. The predicted octanol–water partition coefficient (Wildman–Crippen LogP) is 9.67. The van der Waals surface area contributed by atoms with Crippen LogP contribution in [0, 0.1) is 0 Å². The quantitative estimate of drug-likeness (QED) is 0.0255. The fourth-order valence-corrected chi connectivity index (χ4v) is 6.41. The zero-order valence-corrected chi connectivity index (χ0v) is 34.3. The first-order valence-corrected chi connectivity index (χ1v) is 20.4. The molecule has 2 heterocycles. The van der Waals surface area contributed by atoms with Crippen LogP contribution in [0.15, 0.2) is 69.5 Å². The summed E-state index contributed by atoms with van der Waals surface area (Å²) in [5.74, 6) is 0.00594. The second-order valence-corrected chi connectivity index (χ2v) is 14.4. The Morgan fingerprint density at radius 1 is 0.600 bits per heavy atom. The number of furan rings is 2. The van der Waals surface area contributed by atoms with Crippen LogP contribution in [0.3, 0.4) is 0 Å². The van der Waals surface area contributed by atoms with Crippen molar-refractivity contribution in [3.8, 4) is 0 Å². The Balaban J connectivity index is 0.000000581. The number of esters is 2. The molecule has 4 aromatic rings. The Hall–Kier alpha value is -4.59. The summed E-state index contributed by atoms with van der Waals surface area (Å²) in [5, 5.41) is 53.0. The highest BCUT2D eigenvalue weighted by Crippen LogP contribution is 2.34. The van der Waals surface area contributed by atoms with E-state index in [4.69, 9.17) is 8.83 Å². The zero-order chi connectivity index (χ0) is 42.5. The van der Waals surface area contributed by atoms with E-state index in [1.54, 1.807) is 18.2 Å². The molecule has 0 amide bonds. The molecular weight excluding hydrogens is 769 g/mol. The average molecular weight is 839 g/mol. The van der Waals surface area contributed by atoms with Crippen LogP contribution in [-0.4, -0.2) is 81.9 Å². The molecule has 0 aliphatic rings. The van der Waals surface area contributed by atoms with Gasteiger partial charge in [-0.15, -0.1) is 0 Å². The minimum atomic E-state index is -1.12. The largest absolute Gasteiger partial charge is 0.469 e. The van der Waals surface area contributed by atoms with Crippen molar-refractivity contribution in [3.05, 3.63) is 83.3 Å². The zero-order valence-electron chi connectivity index (χ0n) is 34.3. The normalized spacial score (nSPS) is 13.8. The van der Waals surface area contributed by atoms with Crippen molar-refractivity contribution in [3.63, 3.8) is 0 Å². The summed E-state index contributed by atoms with van der Waals surface area (Å²) in [5.41, 5.74) is 2.61. The molecule has 0 spiro atoms. The molecule has 60 heavy (non-hydrogen) atoms. The van der Waals surface area contributed by atoms with Crippen molar-refractivity contribution >= 4 is 51.8 Å². The SMILES string of the molecule is C.C.CCCCCC(=O)c1oc2ccccc2c1/C=C/[C@@H](O)[C@@H](O)CCCC(=O)OC.CCCCC[C@@H](O)c1oc2ccccc2c1/C=C/[C@@H](O)[C@@H](O)CCCC(=O)OC. The van der Waals surface area contributed by atoms with E-state index in [-0.39, 0.29) is 64.0 Å². The molecule has 0 radical (unpaired) electrons. The fourth-order valence-electron chi connectivity index (χ4n) is 6.41. The van der Waals surface area contributed by atoms with Crippen molar-refractivity contribution in [2.45, 2.75) is 149 Å². The number of aliphatic hydroxyl groups is 5. The van der Waals surface area contributed by atoms with Crippen LogP contribution in [0.2, 0.25) is 0 Å². The highest BCUT2D eigenvalue weighted by atomic mass is 16.5. The van der Waals surface area contributed by atoms with Crippen LogP contribution in [0.25, 0.3) is 34.1 Å². The second kappa shape index (κ2) is 28.8. The van der Waals surface area contributed by atoms with Gasteiger partial charge in [0.05, 0.1) is 38.6 Å². The van der Waals surface area contributed by atoms with Gasteiger partial charge in [-0.2, -0.15) is 0 Å². The molecule has 12 heteroatoms. The maximum Gasteiger partial charge on any atom is 0.305 e. The average Bonchev–Trinajstić information content (AvgIpc) is 3.80. The van der Waals surface area contributed by atoms with Crippen molar-refractivity contribution < 1.29 is 58.2 Å². The van der Waals surface area contributed by atoms with E-state index < -0.39 is 30.5 Å². The lowest BCUT2D eigenvalue weighted by molar-refractivity contribution is -0.141. The smallest absolute Gasteiger partial charge is 0.305 e. The Kier molecular flexibility index (Phi) is 25.6. The molecule has 2 aromatic heterocycles. The molecule has 0 bridgehead atoms. The number of carbonyl (C=O) groups is 3. The van der Waals surface area contributed by atoms with Crippen LogP contribution >= 0.6 is 0 Å². The van der Waals surface area contributed by atoms with Gasteiger partial charge in [-0.3, -0.25) is 14.4 Å². The fraction of sp³-hybridized carbons (Fsp3) is 0.521. The van der Waals surface area contributed by atoms with Gasteiger partial charge in [0.15, 0.2) is 11.5 Å². The van der Waals surface area contributed by atoms with Gasteiger partial charge in [-0.1, -0.05) is 122 Å². The van der Waals surface area contributed by atoms with E-state index >= 15 is 0 Å². The molecule has 4 rings (SSSR count). The number of para-hydroxylation sites is 2. The monoisotopic (exact) mass is 838 g/mol. The summed E-state index contributed by atoms with van der Waals surface area (Å²) < 4.78 is 20.8. The molecule has 2 aromatic carbocycles. The Bertz CT molecular complexity index is 1900. The Labute approximate surface area is 355 Å². The van der Waals surface area contributed by atoms with Gasteiger partial charge < -0.3 is 43.8 Å². The third-order valence-electron chi connectivity index (χ3n) is 9.87. The van der Waals surface area contributed by atoms with Gasteiger partial charge in [0.25, 0.3) is 0 Å². The number of benzene rings is 2. The summed E-state index contributed by atoms with van der Waals surface area (Å²) >= 11 is 0. The second-order valence-electron chi connectivity index (χ2n) is 14.4.